The highest BCUT2D eigenvalue weighted by Gasteiger charge is 2.50. The van der Waals surface area contributed by atoms with Crippen molar-refractivity contribution in [2.24, 2.45) is 4.99 Å². The van der Waals surface area contributed by atoms with Gasteiger partial charge in [0.1, 0.15) is 11.7 Å². The number of hydrogen-bond acceptors (Lipinski definition) is 4. The minimum Gasteiger partial charge on any atom is -0.445 e. The van der Waals surface area contributed by atoms with Gasteiger partial charge in [-0.1, -0.05) is 187 Å². The van der Waals surface area contributed by atoms with E-state index in [0.29, 0.717) is 22.7 Å². The summed E-state index contributed by atoms with van der Waals surface area (Å²) in [4.78, 5) is 8.45. The Bertz CT molecular complexity index is 3990. The Kier molecular flexibility index (Phi) is 13.9. The second kappa shape index (κ2) is 21.5. The number of aromatic nitrogens is 3. The summed E-state index contributed by atoms with van der Waals surface area (Å²) in [6.07, 6.45) is 17.1. The predicted octanol–water partition coefficient (Wildman–Crippen LogP) is 20.6. The average Bonchev–Trinajstić information content (AvgIpc) is 4.47. The smallest absolute Gasteiger partial charge is 0.445 e. The summed E-state index contributed by atoms with van der Waals surface area (Å²) in [5.41, 5.74) is 12.7. The second-order valence-corrected chi connectivity index (χ2v) is 23.5. The molecule has 0 amide bonds. The number of aryl methyl sites for hydroxylation is 2. The molecule has 6 aromatic carbocycles. The molecule has 11 aromatic rings. The van der Waals surface area contributed by atoms with Gasteiger partial charge < -0.3 is 27.1 Å². The topological polar surface area (TPSA) is 30.4 Å². The number of benzene rings is 6. The number of para-hydroxylation sites is 2. The molecule has 13 rings (SSSR count). The molecule has 0 N–H and O–H groups in total. The van der Waals surface area contributed by atoms with Crippen molar-refractivity contribution in [1.82, 2.24) is 18.4 Å². The monoisotopic (exact) mass is 1060 g/mol. The van der Waals surface area contributed by atoms with Crippen LogP contribution in [0, 0.1) is 0 Å². The maximum atomic E-state index is 18.5. The van der Waals surface area contributed by atoms with Crippen LogP contribution < -0.4 is 0 Å². The van der Waals surface area contributed by atoms with Crippen molar-refractivity contribution in [3.63, 3.8) is 0 Å². The van der Waals surface area contributed by atoms with Crippen molar-refractivity contribution < 1.29 is 8.63 Å². The molecule has 5 nitrogen and oxygen atoms in total. The van der Waals surface area contributed by atoms with Gasteiger partial charge in [-0.15, -0.1) is 22.7 Å². The quantitative estimate of drug-likeness (QED) is 0.0553. The fourth-order valence-electron chi connectivity index (χ4n) is 12.7. The first-order valence-corrected chi connectivity index (χ1v) is 30.3. The molecule has 10 heteroatoms. The fraction of sp³-hybridized carbons (Fsp3) is 0.250. The van der Waals surface area contributed by atoms with Gasteiger partial charge >= 0.3 is 6.97 Å². The van der Waals surface area contributed by atoms with E-state index in [4.69, 9.17) is 4.99 Å². The number of thiophene rings is 2. The molecule has 0 radical (unpaired) electrons. The van der Waals surface area contributed by atoms with Gasteiger partial charge in [-0.2, -0.15) is 0 Å². The second-order valence-electron chi connectivity index (χ2n) is 21.6. The Morgan fingerprint density at radius 1 is 0.474 bits per heavy atom. The molecule has 0 bridgehead atoms. The number of nitrogens with zero attached hydrogens (tertiary/aromatic N) is 5. The van der Waals surface area contributed by atoms with E-state index in [9.17, 15) is 0 Å². The van der Waals surface area contributed by atoms with Crippen molar-refractivity contribution in [2.75, 3.05) is 0 Å². The van der Waals surface area contributed by atoms with E-state index >= 15 is 8.63 Å². The molecule has 0 saturated heterocycles. The number of hydrogen-bond donors (Lipinski definition) is 0. The van der Waals surface area contributed by atoms with Crippen LogP contribution in [0.15, 0.2) is 186 Å². The molecule has 5 aromatic heterocycles. The van der Waals surface area contributed by atoms with Crippen LogP contribution >= 0.6 is 22.7 Å². The van der Waals surface area contributed by atoms with Crippen LogP contribution in [0.3, 0.4) is 0 Å². The Hall–Kier alpha value is -7.27. The van der Waals surface area contributed by atoms with Crippen molar-refractivity contribution in [2.45, 2.75) is 110 Å². The number of aliphatic imine (C=N–C) groups is 1. The van der Waals surface area contributed by atoms with Gasteiger partial charge in [0.15, 0.2) is 0 Å². The molecule has 1 unspecified atom stereocenters. The van der Waals surface area contributed by atoms with Gasteiger partial charge in [0.25, 0.3) is 0 Å². The number of halogens is 2. The molecule has 7 heterocycles. The van der Waals surface area contributed by atoms with Crippen LogP contribution in [0.25, 0.3) is 93.1 Å². The zero-order valence-corrected chi connectivity index (χ0v) is 46.3. The Labute approximate surface area is 464 Å². The number of fused-ring (bicyclic) bond motifs is 8. The third-order valence-corrected chi connectivity index (χ3v) is 18.5. The van der Waals surface area contributed by atoms with Crippen LogP contribution in [0.4, 0.5) is 14.4 Å². The molecule has 0 spiro atoms. The van der Waals surface area contributed by atoms with Gasteiger partial charge in [0, 0.05) is 89.3 Å². The van der Waals surface area contributed by atoms with Crippen LogP contribution in [-0.4, -0.2) is 31.2 Å². The predicted molar refractivity (Wildman–Crippen MR) is 331 cm³/mol. The lowest BCUT2D eigenvalue weighted by molar-refractivity contribution is 0.388. The van der Waals surface area contributed by atoms with E-state index in [2.05, 4.69) is 132 Å². The minimum atomic E-state index is -4.44. The molecule has 0 fully saturated rings. The standard InChI is InChI=1S/C68H65BF2N5S2/c1-3-5-7-9-11-17-39-73-59-23-15-13-21-53(59)55-43-51(35-37-61(55)73)47-27-31-49(32-28-47)63-45-57(65-25-19-41-77-65)67-72-68-58(66-26-20-42-78-66)46-64(76(68)69(70,71)75(63)67)50-33-29-48(30-34-50)52-36-38-62-56(44-52)54-22-14-16-24-60(54)74(62)40-18-12-10-8-6-4-2/h13-16,19-38,41-46,63H,3-12,17-18,39-40H2,1-2H3/q-1. The summed E-state index contributed by atoms with van der Waals surface area (Å²) in [6, 6.07) is 56.7. The Balaban J connectivity index is 0.831. The zero-order valence-electron chi connectivity index (χ0n) is 44.7. The highest BCUT2D eigenvalue weighted by atomic mass is 32.1. The van der Waals surface area contributed by atoms with E-state index in [1.54, 1.807) is 22.7 Å². The van der Waals surface area contributed by atoms with E-state index in [1.807, 2.05) is 71.4 Å². The van der Waals surface area contributed by atoms with Crippen LogP contribution in [0.2, 0.25) is 0 Å². The molecular formula is C68H65BF2N5S2-. The van der Waals surface area contributed by atoms with Crippen LogP contribution in [0.5, 0.6) is 0 Å². The Morgan fingerprint density at radius 2 is 0.962 bits per heavy atom. The third-order valence-electron chi connectivity index (χ3n) is 16.7. The van der Waals surface area contributed by atoms with Crippen molar-refractivity contribution in [3.8, 4) is 44.0 Å². The van der Waals surface area contributed by atoms with E-state index in [1.165, 1.54) is 117 Å². The van der Waals surface area contributed by atoms with Gasteiger partial charge in [-0.05, 0) is 118 Å². The van der Waals surface area contributed by atoms with Crippen molar-refractivity contribution >= 4 is 90.5 Å². The maximum absolute atomic E-state index is 18.5. The number of rotatable bonds is 20. The number of unbranched alkanes of at least 4 members (excludes halogenated alkanes) is 10. The summed E-state index contributed by atoms with van der Waals surface area (Å²) in [5.74, 6) is 0.603. The molecule has 0 saturated carbocycles. The molecule has 2 aliphatic heterocycles. The highest BCUT2D eigenvalue weighted by molar-refractivity contribution is 7.13. The molecule has 0 aliphatic carbocycles. The molecule has 1 atom stereocenters. The average molecular weight is 1070 g/mol. The van der Waals surface area contributed by atoms with E-state index in [0.717, 1.165) is 69.1 Å². The fourth-order valence-corrected chi connectivity index (χ4v) is 14.2. The molecule has 78 heavy (non-hydrogen) atoms. The van der Waals surface area contributed by atoms with Crippen LogP contribution in [-0.2, 0) is 13.1 Å². The van der Waals surface area contributed by atoms with Crippen molar-refractivity contribution in [3.05, 3.63) is 191 Å². The lowest BCUT2D eigenvalue weighted by Crippen LogP contribution is -2.57. The summed E-state index contributed by atoms with van der Waals surface area (Å²) in [5, 5.41) is 9.00. The lowest BCUT2D eigenvalue weighted by Gasteiger charge is -2.47. The Morgan fingerprint density at radius 3 is 1.51 bits per heavy atom. The number of amidine groups is 1. The van der Waals surface area contributed by atoms with E-state index < -0.39 is 13.0 Å². The third kappa shape index (κ3) is 9.04. The van der Waals surface area contributed by atoms with Gasteiger partial charge in [0.2, 0.25) is 0 Å². The lowest BCUT2D eigenvalue weighted by atomic mass is 9.87. The van der Waals surface area contributed by atoms with E-state index in [-0.39, 0.29) is 5.82 Å². The zero-order chi connectivity index (χ0) is 52.7. The molecule has 2 aliphatic rings. The van der Waals surface area contributed by atoms with Crippen molar-refractivity contribution in [1.29, 1.82) is 0 Å². The summed E-state index contributed by atoms with van der Waals surface area (Å²) < 4.78 is 43.2. The first kappa shape index (κ1) is 50.3. The SMILES string of the molecule is CCCCCCCCn1c2ccccc2c2cc(-c3ccc(-c4cc(-c5cccs5)c5n4[B-](F)(F)N4C(=N5)C(c5cccs5)=CC4c4ccc(-c5ccc6c(c5)c5ccccc5n6CCCCCCCC)cc4)cc3)ccc21. The summed E-state index contributed by atoms with van der Waals surface area (Å²) in [6.45, 7) is 2.09. The minimum absolute atomic E-state index is 0.290. The first-order valence-electron chi connectivity index (χ1n) is 28.6. The molecular weight excluding hydrogens is 1000 g/mol. The van der Waals surface area contributed by atoms with Gasteiger partial charge in [-0.3, -0.25) is 0 Å². The van der Waals surface area contributed by atoms with Gasteiger partial charge in [0.05, 0.1) is 0 Å². The highest BCUT2D eigenvalue weighted by Crippen LogP contribution is 2.52. The summed E-state index contributed by atoms with van der Waals surface area (Å²) in [7, 11) is 0. The summed E-state index contributed by atoms with van der Waals surface area (Å²) >= 11 is 3.10. The largest absolute Gasteiger partial charge is 0.532 e. The van der Waals surface area contributed by atoms with Gasteiger partial charge in [-0.25, -0.2) is 4.99 Å². The molecule has 392 valence electrons. The normalized spacial score (nSPS) is 15.0. The maximum Gasteiger partial charge on any atom is 0.532 e. The van der Waals surface area contributed by atoms with Crippen LogP contribution in [0.1, 0.15) is 107 Å². The first-order chi connectivity index (χ1) is 38.4.